The van der Waals surface area contributed by atoms with E-state index in [9.17, 15) is 21.2 Å². The second-order valence-electron chi connectivity index (χ2n) is 7.50. The summed E-state index contributed by atoms with van der Waals surface area (Å²) in [5.74, 6) is -0.736. The highest BCUT2D eigenvalue weighted by Gasteiger charge is 2.37. The Morgan fingerprint density at radius 2 is 1.70 bits per heavy atom. The summed E-state index contributed by atoms with van der Waals surface area (Å²) < 4.78 is 68.0. The van der Waals surface area contributed by atoms with Gasteiger partial charge in [0.2, 0.25) is 10.0 Å². The molecule has 0 saturated heterocycles. The molecular weight excluding hydrogens is 465 g/mol. The van der Waals surface area contributed by atoms with E-state index in [1.165, 1.54) is 25.1 Å². The van der Waals surface area contributed by atoms with Crippen LogP contribution in [0.5, 0.6) is 0 Å². The number of hydrogen-bond donors (Lipinski definition) is 1. The predicted octanol–water partition coefficient (Wildman–Crippen LogP) is 4.13. The smallest absolute Gasteiger partial charge is 0.279 e. The van der Waals surface area contributed by atoms with Crippen molar-refractivity contribution in [3.05, 3.63) is 95.8 Å². The summed E-state index contributed by atoms with van der Waals surface area (Å²) in [5.41, 5.74) is 2.16. The van der Waals surface area contributed by atoms with Crippen molar-refractivity contribution in [2.24, 2.45) is 5.10 Å². The first-order valence-electron chi connectivity index (χ1n) is 10.2. The molecule has 1 aliphatic rings. The first kappa shape index (κ1) is 22.9. The van der Waals surface area contributed by atoms with Gasteiger partial charge in [-0.2, -0.15) is 17.9 Å². The van der Waals surface area contributed by atoms with Crippen molar-refractivity contribution in [1.29, 1.82) is 0 Å². The first-order chi connectivity index (χ1) is 15.7. The molecule has 1 unspecified atom stereocenters. The zero-order valence-corrected chi connectivity index (χ0v) is 19.4. The van der Waals surface area contributed by atoms with Crippen LogP contribution in [0.1, 0.15) is 30.5 Å². The van der Waals surface area contributed by atoms with Gasteiger partial charge >= 0.3 is 0 Å². The fourth-order valence-electron chi connectivity index (χ4n) is 3.56. The number of nitrogens with one attached hydrogen (secondary N) is 1. The highest BCUT2D eigenvalue weighted by Crippen LogP contribution is 2.37. The molecule has 1 atom stereocenters. The third-order valence-corrected chi connectivity index (χ3v) is 8.23. The van der Waals surface area contributed by atoms with Gasteiger partial charge in [0.05, 0.1) is 22.4 Å². The normalized spacial score (nSPS) is 16.5. The molecule has 0 aliphatic carbocycles. The van der Waals surface area contributed by atoms with Crippen LogP contribution >= 0.6 is 0 Å². The Morgan fingerprint density at radius 1 is 0.970 bits per heavy atom. The number of hydrogen-bond acceptors (Lipinski definition) is 5. The van der Waals surface area contributed by atoms with Crippen LogP contribution in [-0.2, 0) is 20.0 Å². The Morgan fingerprint density at radius 3 is 2.39 bits per heavy atom. The van der Waals surface area contributed by atoms with Gasteiger partial charge in [-0.25, -0.2) is 12.8 Å². The Balaban J connectivity index is 1.77. The summed E-state index contributed by atoms with van der Waals surface area (Å²) in [6.45, 7) is 1.53. The lowest BCUT2D eigenvalue weighted by molar-refractivity contribution is 0.371. The largest absolute Gasteiger partial charge is 0.284 e. The molecule has 3 aromatic rings. The molecule has 0 aromatic heterocycles. The molecule has 1 aliphatic heterocycles. The number of benzene rings is 3. The molecule has 0 radical (unpaired) electrons. The van der Waals surface area contributed by atoms with Gasteiger partial charge < -0.3 is 0 Å². The zero-order chi connectivity index (χ0) is 23.6. The molecule has 0 spiro atoms. The molecule has 0 amide bonds. The van der Waals surface area contributed by atoms with E-state index in [0.717, 1.165) is 16.0 Å². The Labute approximate surface area is 192 Å². The van der Waals surface area contributed by atoms with Crippen molar-refractivity contribution in [2.45, 2.75) is 24.3 Å². The number of nitrogens with zero attached hydrogens (tertiary/aromatic N) is 2. The van der Waals surface area contributed by atoms with E-state index in [1.807, 2.05) is 18.2 Å². The topological polar surface area (TPSA) is 95.9 Å². The fraction of sp³-hybridized carbons (Fsp3) is 0.174. The van der Waals surface area contributed by atoms with E-state index >= 15 is 0 Å². The molecular formula is C23H22FN3O4S2. The van der Waals surface area contributed by atoms with E-state index < -0.39 is 31.9 Å². The number of rotatable bonds is 7. The van der Waals surface area contributed by atoms with Crippen molar-refractivity contribution >= 4 is 31.4 Å². The standard InChI is InChI=1S/C23H22FN3O4S2/c1-2-32(28,29)26-20-12-6-10-18(14-20)22-16-23(17-8-4-3-5-9-17)27(25-22)33(30,31)21-13-7-11-19(24)15-21/h3-15,23,26H,2,16H2,1H3. The summed E-state index contributed by atoms with van der Waals surface area (Å²) in [6.07, 6.45) is 0.266. The van der Waals surface area contributed by atoms with E-state index in [0.29, 0.717) is 17.0 Å². The van der Waals surface area contributed by atoms with Crippen molar-refractivity contribution in [3.63, 3.8) is 0 Å². The van der Waals surface area contributed by atoms with E-state index in [1.54, 1.807) is 36.4 Å². The van der Waals surface area contributed by atoms with Gasteiger partial charge in [0.15, 0.2) is 0 Å². The minimum atomic E-state index is -4.15. The summed E-state index contributed by atoms with van der Waals surface area (Å²) in [4.78, 5) is -0.196. The van der Waals surface area contributed by atoms with Crippen molar-refractivity contribution < 1.29 is 21.2 Å². The SMILES string of the molecule is CCS(=O)(=O)Nc1cccc(C2=NN(S(=O)(=O)c3cccc(F)c3)C(c3ccccc3)C2)c1. The number of sulfonamides is 2. The minimum Gasteiger partial charge on any atom is -0.284 e. The number of anilines is 1. The lowest BCUT2D eigenvalue weighted by atomic mass is 9.99. The van der Waals surface area contributed by atoms with Crippen LogP contribution in [0.15, 0.2) is 88.9 Å². The molecule has 1 N–H and O–H groups in total. The zero-order valence-electron chi connectivity index (χ0n) is 17.7. The monoisotopic (exact) mass is 487 g/mol. The van der Waals surface area contributed by atoms with Crippen LogP contribution in [0.25, 0.3) is 0 Å². The van der Waals surface area contributed by atoms with Gasteiger partial charge in [0.1, 0.15) is 5.82 Å². The van der Waals surface area contributed by atoms with Crippen LogP contribution in [0.2, 0.25) is 0 Å². The summed E-state index contributed by atoms with van der Waals surface area (Å²) in [5, 5.41) is 4.41. The average molecular weight is 488 g/mol. The molecule has 10 heteroatoms. The van der Waals surface area contributed by atoms with Crippen molar-refractivity contribution in [2.75, 3.05) is 10.5 Å². The van der Waals surface area contributed by atoms with E-state index in [-0.39, 0.29) is 17.1 Å². The van der Waals surface area contributed by atoms with Gasteiger partial charge in [0, 0.05) is 12.1 Å². The first-order valence-corrected chi connectivity index (χ1v) is 13.3. The third-order valence-electron chi connectivity index (χ3n) is 5.25. The quantitative estimate of drug-likeness (QED) is 0.542. The highest BCUT2D eigenvalue weighted by molar-refractivity contribution is 7.92. The van der Waals surface area contributed by atoms with Gasteiger partial charge in [-0.1, -0.05) is 48.5 Å². The van der Waals surface area contributed by atoms with Crippen LogP contribution in [0.4, 0.5) is 10.1 Å². The highest BCUT2D eigenvalue weighted by atomic mass is 32.2. The Hall–Kier alpha value is -3.24. The lowest BCUT2D eigenvalue weighted by Gasteiger charge is -2.23. The van der Waals surface area contributed by atoms with Crippen molar-refractivity contribution in [1.82, 2.24) is 4.41 Å². The summed E-state index contributed by atoms with van der Waals surface area (Å²) in [6, 6.07) is 19.9. The Kier molecular flexibility index (Phi) is 6.22. The van der Waals surface area contributed by atoms with E-state index in [4.69, 9.17) is 0 Å². The molecule has 3 aromatic carbocycles. The van der Waals surface area contributed by atoms with Crippen LogP contribution < -0.4 is 4.72 Å². The van der Waals surface area contributed by atoms with Gasteiger partial charge in [-0.05, 0) is 48.4 Å². The van der Waals surface area contributed by atoms with E-state index in [2.05, 4.69) is 9.82 Å². The van der Waals surface area contributed by atoms with Crippen LogP contribution in [-0.4, -0.2) is 32.7 Å². The molecule has 4 rings (SSSR count). The maximum atomic E-state index is 13.8. The molecule has 1 heterocycles. The molecule has 0 bridgehead atoms. The molecule has 0 saturated carbocycles. The summed E-state index contributed by atoms with van der Waals surface area (Å²) >= 11 is 0. The fourth-order valence-corrected chi connectivity index (χ4v) is 5.65. The maximum Gasteiger partial charge on any atom is 0.279 e. The second-order valence-corrected chi connectivity index (χ2v) is 11.3. The molecule has 33 heavy (non-hydrogen) atoms. The van der Waals surface area contributed by atoms with Crippen LogP contribution in [0.3, 0.4) is 0 Å². The maximum absolute atomic E-state index is 13.8. The Bertz CT molecular complexity index is 1410. The minimum absolute atomic E-state index is 0.0755. The van der Waals surface area contributed by atoms with Crippen molar-refractivity contribution in [3.8, 4) is 0 Å². The van der Waals surface area contributed by atoms with Crippen LogP contribution in [0, 0.1) is 5.82 Å². The predicted molar refractivity (Wildman–Crippen MR) is 125 cm³/mol. The molecule has 7 nitrogen and oxygen atoms in total. The van der Waals surface area contributed by atoms with Gasteiger partial charge in [-0.15, -0.1) is 0 Å². The molecule has 0 fully saturated rings. The molecule has 172 valence electrons. The second kappa shape index (κ2) is 8.95. The number of hydrazone groups is 1. The lowest BCUT2D eigenvalue weighted by Crippen LogP contribution is -2.27. The number of halogens is 1. The third kappa shape index (κ3) is 4.91. The van der Waals surface area contributed by atoms with Gasteiger partial charge in [-0.3, -0.25) is 4.72 Å². The van der Waals surface area contributed by atoms with Gasteiger partial charge in [0.25, 0.3) is 10.0 Å². The summed E-state index contributed by atoms with van der Waals surface area (Å²) in [7, 11) is -7.62. The average Bonchev–Trinajstić information content (AvgIpc) is 3.26.